The van der Waals surface area contributed by atoms with Crippen LogP contribution in [0.2, 0.25) is 0 Å². The van der Waals surface area contributed by atoms with E-state index in [-0.39, 0.29) is 11.7 Å². The Balaban J connectivity index is 1.43. The quantitative estimate of drug-likeness (QED) is 0.635. The van der Waals surface area contributed by atoms with Gasteiger partial charge < -0.3 is 14.0 Å². The molecule has 5 rings (SSSR count). The summed E-state index contributed by atoms with van der Waals surface area (Å²) in [7, 11) is 1.93. The summed E-state index contributed by atoms with van der Waals surface area (Å²) in [5.41, 5.74) is 8.33. The van der Waals surface area contributed by atoms with Gasteiger partial charge in [0.25, 0.3) is 5.56 Å². The first-order valence-electron chi connectivity index (χ1n) is 11.1. The molecular formula is C25H29N3O3. The van der Waals surface area contributed by atoms with E-state index in [1.54, 1.807) is 0 Å². The molecule has 2 aliphatic heterocycles. The number of nitrogens with zero attached hydrogens (tertiary/aromatic N) is 3. The molecule has 0 N–H and O–H groups in total. The summed E-state index contributed by atoms with van der Waals surface area (Å²) in [6.45, 7) is 4.94. The Morgan fingerprint density at radius 3 is 2.87 bits per heavy atom. The molecule has 0 bridgehead atoms. The maximum atomic E-state index is 12.9. The molecule has 0 amide bonds. The van der Waals surface area contributed by atoms with Gasteiger partial charge >= 0.3 is 0 Å². The molecule has 0 unspecified atom stereocenters. The third-order valence-corrected chi connectivity index (χ3v) is 6.53. The molecule has 6 nitrogen and oxygen atoms in total. The van der Waals surface area contributed by atoms with Crippen LogP contribution in [-0.4, -0.2) is 40.3 Å². The van der Waals surface area contributed by atoms with Gasteiger partial charge in [0.05, 0.1) is 37.8 Å². The van der Waals surface area contributed by atoms with Crippen molar-refractivity contribution in [1.82, 2.24) is 14.3 Å². The number of hydrogen-bond acceptors (Lipinski definition) is 4. The average molecular weight is 420 g/mol. The van der Waals surface area contributed by atoms with Crippen molar-refractivity contribution in [3.8, 4) is 22.4 Å². The lowest BCUT2D eigenvalue weighted by atomic mass is 9.89. The summed E-state index contributed by atoms with van der Waals surface area (Å²) in [4.78, 5) is 12.9. The van der Waals surface area contributed by atoms with E-state index < -0.39 is 0 Å². The molecule has 1 saturated heterocycles. The number of hydrogen-bond donors (Lipinski definition) is 0. The third kappa shape index (κ3) is 3.98. The topological polar surface area (TPSA) is 58.3 Å². The van der Waals surface area contributed by atoms with Gasteiger partial charge in [0.15, 0.2) is 0 Å². The Labute approximate surface area is 182 Å². The van der Waals surface area contributed by atoms with E-state index in [0.717, 1.165) is 49.0 Å². The van der Waals surface area contributed by atoms with Gasteiger partial charge in [-0.05, 0) is 54.9 Å². The van der Waals surface area contributed by atoms with E-state index in [0.29, 0.717) is 19.8 Å². The Morgan fingerprint density at radius 1 is 1.19 bits per heavy atom. The highest BCUT2D eigenvalue weighted by Gasteiger charge is 2.22. The van der Waals surface area contributed by atoms with Crippen molar-refractivity contribution >= 4 is 0 Å². The van der Waals surface area contributed by atoms with Crippen molar-refractivity contribution in [2.24, 2.45) is 7.05 Å². The molecule has 162 valence electrons. The van der Waals surface area contributed by atoms with Crippen LogP contribution in [0.5, 0.6) is 0 Å². The smallest absolute Gasteiger partial charge is 0.251 e. The van der Waals surface area contributed by atoms with E-state index >= 15 is 0 Å². The van der Waals surface area contributed by atoms with Crippen LogP contribution in [-0.2, 0) is 35.9 Å². The number of pyridine rings is 1. The van der Waals surface area contributed by atoms with E-state index in [2.05, 4.69) is 30.2 Å². The second-order valence-electron chi connectivity index (χ2n) is 8.62. The molecule has 0 spiro atoms. The molecular weight excluding hydrogens is 390 g/mol. The molecule has 0 saturated carbocycles. The minimum absolute atomic E-state index is 0.106. The second-order valence-corrected chi connectivity index (χ2v) is 8.62. The summed E-state index contributed by atoms with van der Waals surface area (Å²) in [5.74, 6) is 0. The molecule has 31 heavy (non-hydrogen) atoms. The monoisotopic (exact) mass is 419 g/mol. The highest BCUT2D eigenvalue weighted by atomic mass is 16.6. The maximum Gasteiger partial charge on any atom is 0.251 e. The van der Waals surface area contributed by atoms with Crippen molar-refractivity contribution in [1.29, 1.82) is 0 Å². The van der Waals surface area contributed by atoms with Crippen LogP contribution in [0, 0.1) is 6.92 Å². The van der Waals surface area contributed by atoms with Gasteiger partial charge in [-0.15, -0.1) is 0 Å². The number of rotatable bonds is 5. The number of ether oxygens (including phenoxy) is 2. The van der Waals surface area contributed by atoms with Crippen LogP contribution in [0.25, 0.3) is 22.4 Å². The minimum atomic E-state index is 0.106. The molecule has 3 aromatic rings. The summed E-state index contributed by atoms with van der Waals surface area (Å²) in [5, 5.41) is 4.30. The molecule has 1 fully saturated rings. The molecule has 0 aliphatic carbocycles. The van der Waals surface area contributed by atoms with Gasteiger partial charge in [-0.1, -0.05) is 18.2 Å². The average Bonchev–Trinajstić information content (AvgIpc) is 3.23. The third-order valence-electron chi connectivity index (χ3n) is 6.53. The fraction of sp³-hybridized carbons (Fsp3) is 0.440. The van der Waals surface area contributed by atoms with Crippen molar-refractivity contribution in [3.05, 3.63) is 63.7 Å². The lowest BCUT2D eigenvalue weighted by Crippen LogP contribution is -2.29. The predicted molar refractivity (Wildman–Crippen MR) is 120 cm³/mol. The summed E-state index contributed by atoms with van der Waals surface area (Å²) in [6.07, 6.45) is 7.82. The second kappa shape index (κ2) is 8.44. The van der Waals surface area contributed by atoms with E-state index in [4.69, 9.17) is 9.47 Å². The number of fused-ring (bicyclic) bond motifs is 3. The number of aryl methyl sites for hydroxylation is 3. The largest absolute Gasteiger partial charge is 0.376 e. The maximum absolute atomic E-state index is 12.9. The van der Waals surface area contributed by atoms with Crippen molar-refractivity contribution in [2.75, 3.05) is 19.8 Å². The molecule has 2 aliphatic rings. The van der Waals surface area contributed by atoms with Gasteiger partial charge in [0.1, 0.15) is 0 Å². The first-order chi connectivity index (χ1) is 15.1. The van der Waals surface area contributed by atoms with Crippen molar-refractivity contribution < 1.29 is 9.47 Å². The van der Waals surface area contributed by atoms with Gasteiger partial charge in [-0.2, -0.15) is 5.10 Å². The Morgan fingerprint density at radius 2 is 2.10 bits per heavy atom. The lowest BCUT2D eigenvalue weighted by molar-refractivity contribution is -0.0910. The van der Waals surface area contributed by atoms with E-state index in [9.17, 15) is 4.79 Å². The zero-order valence-corrected chi connectivity index (χ0v) is 18.3. The van der Waals surface area contributed by atoms with Gasteiger partial charge in [0, 0.05) is 37.0 Å². The highest BCUT2D eigenvalue weighted by Crippen LogP contribution is 2.35. The van der Waals surface area contributed by atoms with Gasteiger partial charge in [-0.25, -0.2) is 0 Å². The predicted octanol–water partition coefficient (Wildman–Crippen LogP) is 3.52. The van der Waals surface area contributed by atoms with Crippen LogP contribution < -0.4 is 5.56 Å². The number of benzene rings is 1. The lowest BCUT2D eigenvalue weighted by Gasteiger charge is -2.26. The summed E-state index contributed by atoms with van der Waals surface area (Å²) in [6, 6.07) is 8.41. The fourth-order valence-corrected chi connectivity index (χ4v) is 4.87. The molecule has 4 heterocycles. The SMILES string of the molecule is Cc1c(CCC[C@@H]2COCCO2)cc(=O)n2c1-c1ccc(-c3cnn(C)c3)cc1CC2. The minimum Gasteiger partial charge on any atom is -0.376 e. The Bertz CT molecular complexity index is 1160. The first-order valence-corrected chi connectivity index (χ1v) is 11.1. The Kier molecular flexibility index (Phi) is 5.50. The molecule has 1 atom stereocenters. The van der Waals surface area contributed by atoms with E-state index in [1.807, 2.05) is 34.8 Å². The van der Waals surface area contributed by atoms with Gasteiger partial charge in [-0.3, -0.25) is 9.48 Å². The van der Waals surface area contributed by atoms with Crippen LogP contribution in [0.1, 0.15) is 29.5 Å². The van der Waals surface area contributed by atoms with Crippen LogP contribution in [0.15, 0.2) is 41.5 Å². The zero-order chi connectivity index (χ0) is 21.4. The fourth-order valence-electron chi connectivity index (χ4n) is 4.87. The summed E-state index contributed by atoms with van der Waals surface area (Å²) >= 11 is 0. The van der Waals surface area contributed by atoms with E-state index in [1.165, 1.54) is 22.3 Å². The van der Waals surface area contributed by atoms with Crippen LogP contribution in [0.3, 0.4) is 0 Å². The molecule has 1 aromatic carbocycles. The highest BCUT2D eigenvalue weighted by molar-refractivity contribution is 5.75. The number of aromatic nitrogens is 3. The standard InChI is InChI=1S/C25H29N3O3/c1-17-18(4-3-5-22-16-30-10-11-31-22)13-24(29)28-9-8-20-12-19(6-7-23(20)25(17)28)21-14-26-27(2)15-21/h6-7,12-15,22H,3-5,8-11,16H2,1-2H3/t22-/m1/s1. The molecule has 2 aromatic heterocycles. The van der Waals surface area contributed by atoms with Crippen LogP contribution in [0.4, 0.5) is 0 Å². The normalized spacial score (nSPS) is 17.9. The first kappa shape index (κ1) is 20.2. The van der Waals surface area contributed by atoms with Gasteiger partial charge in [0.2, 0.25) is 0 Å². The molecule has 6 heteroatoms. The summed E-state index contributed by atoms with van der Waals surface area (Å²) < 4.78 is 15.0. The van der Waals surface area contributed by atoms with Crippen molar-refractivity contribution in [3.63, 3.8) is 0 Å². The Hall–Kier alpha value is -2.70. The molecule has 0 radical (unpaired) electrons. The zero-order valence-electron chi connectivity index (χ0n) is 18.3. The van der Waals surface area contributed by atoms with Crippen molar-refractivity contribution in [2.45, 2.75) is 45.3 Å². The van der Waals surface area contributed by atoms with Crippen LogP contribution >= 0.6 is 0 Å².